The van der Waals surface area contributed by atoms with Gasteiger partial charge in [-0.3, -0.25) is 0 Å². The van der Waals surface area contributed by atoms with Gasteiger partial charge in [-0.1, -0.05) is 6.42 Å². The molecule has 1 aromatic rings. The summed E-state index contributed by atoms with van der Waals surface area (Å²) in [5.74, 6) is 2.04. The normalized spacial score (nSPS) is 24.1. The summed E-state index contributed by atoms with van der Waals surface area (Å²) < 4.78 is 1.05. The maximum Gasteiger partial charge on any atom is 0.0960 e. The predicted octanol–water partition coefficient (Wildman–Crippen LogP) is 3.71. The molecule has 0 bridgehead atoms. The Morgan fingerprint density at radius 3 is 3.06 bits per heavy atom. The highest BCUT2D eigenvalue weighted by molar-refractivity contribution is 9.10. The van der Waals surface area contributed by atoms with Crippen LogP contribution in [0.4, 0.5) is 0 Å². The van der Waals surface area contributed by atoms with Gasteiger partial charge >= 0.3 is 0 Å². The molecule has 1 saturated carbocycles. The molecule has 0 saturated heterocycles. The smallest absolute Gasteiger partial charge is 0.0960 e. The molecule has 0 amide bonds. The summed E-state index contributed by atoms with van der Waals surface area (Å²) in [6, 6.07) is 4.88. The van der Waals surface area contributed by atoms with Gasteiger partial charge in [-0.25, -0.2) is 4.98 Å². The van der Waals surface area contributed by atoms with Crippen LogP contribution in [0.15, 0.2) is 27.8 Å². The van der Waals surface area contributed by atoms with Gasteiger partial charge in [0.1, 0.15) is 0 Å². The number of halogens is 1. The lowest BCUT2D eigenvalue weighted by Crippen LogP contribution is -2.29. The third-order valence-corrected chi connectivity index (χ3v) is 4.91. The van der Waals surface area contributed by atoms with Crippen LogP contribution in [-0.4, -0.2) is 23.8 Å². The quantitative estimate of drug-likeness (QED) is 0.839. The summed E-state index contributed by atoms with van der Waals surface area (Å²) >= 11 is 5.27. The molecule has 2 rings (SSSR count). The van der Waals surface area contributed by atoms with Gasteiger partial charge in [0.2, 0.25) is 0 Å². The van der Waals surface area contributed by atoms with Crippen LogP contribution in [0.2, 0.25) is 0 Å². The van der Waals surface area contributed by atoms with Gasteiger partial charge in [0, 0.05) is 16.7 Å². The van der Waals surface area contributed by atoms with Crippen molar-refractivity contribution in [2.24, 2.45) is 5.92 Å². The van der Waals surface area contributed by atoms with Crippen LogP contribution >= 0.6 is 27.7 Å². The van der Waals surface area contributed by atoms with E-state index in [9.17, 15) is 0 Å². The monoisotopic (exact) mass is 314 g/mol. The molecule has 1 aliphatic rings. The first-order valence-corrected chi connectivity index (χ1v) is 7.99. The van der Waals surface area contributed by atoms with E-state index in [4.69, 9.17) is 0 Å². The van der Waals surface area contributed by atoms with E-state index >= 15 is 0 Å². The highest BCUT2D eigenvalue weighted by Crippen LogP contribution is 2.30. The Kier molecular flexibility index (Phi) is 5.32. The van der Waals surface area contributed by atoms with Crippen LogP contribution in [0.5, 0.6) is 0 Å². The summed E-state index contributed by atoms with van der Waals surface area (Å²) in [5.41, 5.74) is 0. The van der Waals surface area contributed by atoms with E-state index in [1.54, 1.807) is 0 Å². The molecular weight excluding hydrogens is 296 g/mol. The maximum absolute atomic E-state index is 4.38. The fourth-order valence-corrected chi connectivity index (χ4v) is 3.68. The van der Waals surface area contributed by atoms with Crippen molar-refractivity contribution >= 4 is 27.7 Å². The number of pyridine rings is 1. The first-order chi connectivity index (χ1) is 8.29. The summed E-state index contributed by atoms with van der Waals surface area (Å²) in [5, 5.41) is 4.57. The van der Waals surface area contributed by atoms with Crippen LogP contribution in [0, 0.1) is 5.92 Å². The fraction of sp³-hybridized carbons (Fsp3) is 0.615. The molecule has 0 aliphatic heterocycles. The van der Waals surface area contributed by atoms with Gasteiger partial charge in [-0.15, -0.1) is 11.8 Å². The zero-order valence-corrected chi connectivity index (χ0v) is 12.6. The number of nitrogens with one attached hydrogen (secondary N) is 1. The largest absolute Gasteiger partial charge is 0.317 e. The van der Waals surface area contributed by atoms with Crippen LogP contribution in [-0.2, 0) is 0 Å². The van der Waals surface area contributed by atoms with Crippen molar-refractivity contribution in [3.63, 3.8) is 0 Å². The molecule has 2 unspecified atom stereocenters. The lowest BCUT2D eigenvalue weighted by Gasteiger charge is -2.18. The molecule has 1 fully saturated rings. The highest BCUT2D eigenvalue weighted by Gasteiger charge is 2.25. The minimum atomic E-state index is 0.744. The summed E-state index contributed by atoms with van der Waals surface area (Å²) in [4.78, 5) is 4.38. The first kappa shape index (κ1) is 13.4. The number of aromatic nitrogens is 1. The van der Waals surface area contributed by atoms with E-state index < -0.39 is 0 Å². The molecule has 1 N–H and O–H groups in total. The fourth-order valence-electron chi connectivity index (χ4n) is 2.52. The number of hydrogen-bond donors (Lipinski definition) is 1. The summed E-state index contributed by atoms with van der Waals surface area (Å²) in [7, 11) is 2.09. The van der Waals surface area contributed by atoms with Gasteiger partial charge in [-0.2, -0.15) is 0 Å². The van der Waals surface area contributed by atoms with Crippen molar-refractivity contribution in [1.29, 1.82) is 0 Å². The van der Waals surface area contributed by atoms with E-state index in [1.807, 2.05) is 18.0 Å². The standard InChI is InChI=1S/C13H19BrN2S/c1-15-12-4-2-3-10(12)7-8-17-13-6-5-11(14)9-16-13/h5-6,9-10,12,15H,2-4,7-8H2,1H3. The van der Waals surface area contributed by atoms with Gasteiger partial charge in [0.25, 0.3) is 0 Å². The van der Waals surface area contributed by atoms with E-state index in [0.717, 1.165) is 21.5 Å². The van der Waals surface area contributed by atoms with Gasteiger partial charge in [0.15, 0.2) is 0 Å². The third-order valence-electron chi connectivity index (χ3n) is 3.47. The topological polar surface area (TPSA) is 24.9 Å². The van der Waals surface area contributed by atoms with Crippen molar-refractivity contribution in [2.75, 3.05) is 12.8 Å². The Hall–Kier alpha value is -0.0600. The molecule has 0 spiro atoms. The Balaban J connectivity index is 1.74. The van der Waals surface area contributed by atoms with Crippen LogP contribution in [0.3, 0.4) is 0 Å². The average molecular weight is 315 g/mol. The Morgan fingerprint density at radius 2 is 2.35 bits per heavy atom. The molecule has 0 aromatic carbocycles. The SMILES string of the molecule is CNC1CCCC1CCSc1ccc(Br)cn1. The van der Waals surface area contributed by atoms with Gasteiger partial charge in [-0.05, 0) is 66.0 Å². The molecule has 1 aromatic heterocycles. The van der Waals surface area contributed by atoms with Crippen molar-refractivity contribution in [3.05, 3.63) is 22.8 Å². The second-order valence-electron chi connectivity index (χ2n) is 4.54. The number of nitrogens with zero attached hydrogens (tertiary/aromatic N) is 1. The zero-order chi connectivity index (χ0) is 12.1. The average Bonchev–Trinajstić information content (AvgIpc) is 2.79. The van der Waals surface area contributed by atoms with Gasteiger partial charge < -0.3 is 5.32 Å². The molecule has 2 atom stereocenters. The van der Waals surface area contributed by atoms with Crippen LogP contribution in [0.1, 0.15) is 25.7 Å². The van der Waals surface area contributed by atoms with Crippen LogP contribution < -0.4 is 5.32 Å². The number of thioether (sulfide) groups is 1. The Morgan fingerprint density at radius 1 is 1.47 bits per heavy atom. The molecule has 1 aliphatic carbocycles. The minimum Gasteiger partial charge on any atom is -0.317 e. The first-order valence-electron chi connectivity index (χ1n) is 6.21. The molecule has 94 valence electrons. The van der Waals surface area contributed by atoms with Crippen molar-refractivity contribution in [3.8, 4) is 0 Å². The summed E-state index contributed by atoms with van der Waals surface area (Å²) in [6.07, 6.45) is 7.29. The molecule has 17 heavy (non-hydrogen) atoms. The van der Waals surface area contributed by atoms with E-state index in [1.165, 1.54) is 31.4 Å². The molecule has 1 heterocycles. The minimum absolute atomic E-state index is 0.744. The molecule has 2 nitrogen and oxygen atoms in total. The van der Waals surface area contributed by atoms with Crippen molar-refractivity contribution in [1.82, 2.24) is 10.3 Å². The van der Waals surface area contributed by atoms with E-state index in [2.05, 4.69) is 45.4 Å². The van der Waals surface area contributed by atoms with Crippen molar-refractivity contribution in [2.45, 2.75) is 36.8 Å². The van der Waals surface area contributed by atoms with E-state index in [0.29, 0.717) is 0 Å². The molecular formula is C13H19BrN2S. The Bertz CT molecular complexity index is 342. The predicted molar refractivity (Wildman–Crippen MR) is 77.5 cm³/mol. The lowest BCUT2D eigenvalue weighted by atomic mass is 10.0. The third kappa shape index (κ3) is 3.97. The van der Waals surface area contributed by atoms with Crippen molar-refractivity contribution < 1.29 is 0 Å². The maximum atomic E-state index is 4.38. The van der Waals surface area contributed by atoms with Crippen LogP contribution in [0.25, 0.3) is 0 Å². The van der Waals surface area contributed by atoms with E-state index in [-0.39, 0.29) is 0 Å². The number of rotatable bonds is 5. The number of hydrogen-bond acceptors (Lipinski definition) is 3. The lowest BCUT2D eigenvalue weighted by molar-refractivity contribution is 0.417. The summed E-state index contributed by atoms with van der Waals surface area (Å²) in [6.45, 7) is 0. The van der Waals surface area contributed by atoms with Gasteiger partial charge in [0.05, 0.1) is 5.03 Å². The highest BCUT2D eigenvalue weighted by atomic mass is 79.9. The second-order valence-corrected chi connectivity index (χ2v) is 6.57. The zero-order valence-electron chi connectivity index (χ0n) is 10.2. The molecule has 0 radical (unpaired) electrons. The second kappa shape index (κ2) is 6.76. The Labute approximate surface area is 116 Å². The molecule has 4 heteroatoms.